The number of hydrogen-bond donors (Lipinski definition) is 2. The van der Waals surface area contributed by atoms with Crippen LogP contribution in [-0.4, -0.2) is 79.8 Å². The van der Waals surface area contributed by atoms with Crippen molar-refractivity contribution < 1.29 is 14.3 Å². The van der Waals surface area contributed by atoms with E-state index in [9.17, 15) is 9.59 Å². The van der Waals surface area contributed by atoms with Gasteiger partial charge in [0, 0.05) is 44.7 Å². The first-order valence-corrected chi connectivity index (χ1v) is 12.2. The Morgan fingerprint density at radius 3 is 2.19 bits per heavy atom. The molecule has 9 heteroatoms. The van der Waals surface area contributed by atoms with Crippen LogP contribution < -0.4 is 10.6 Å². The third-order valence-corrected chi connectivity index (χ3v) is 6.94. The second-order valence-corrected chi connectivity index (χ2v) is 9.79. The van der Waals surface area contributed by atoms with Crippen LogP contribution in [0.4, 0.5) is 4.79 Å². The minimum atomic E-state index is -0.0669. The normalized spacial score (nSPS) is 24.9. The number of amides is 2. The third kappa shape index (κ3) is 9.62. The number of nitrogens with one attached hydrogen (secondary N) is 2. The summed E-state index contributed by atoms with van der Waals surface area (Å²) >= 11 is 0. The number of piperidine rings is 1. The van der Waals surface area contributed by atoms with Crippen LogP contribution in [0, 0.1) is 11.8 Å². The first kappa shape index (κ1) is 29.3. The summed E-state index contributed by atoms with van der Waals surface area (Å²) in [6.07, 6.45) is 8.11. The number of urea groups is 1. The largest absolute Gasteiger partial charge is 0.465 e. The summed E-state index contributed by atoms with van der Waals surface area (Å²) in [6, 6.07) is 1.08. The van der Waals surface area contributed by atoms with Crippen LogP contribution in [0.1, 0.15) is 65.2 Å². The monoisotopic (exact) mass is 494 g/mol. The van der Waals surface area contributed by atoms with E-state index in [0.717, 1.165) is 71.4 Å². The van der Waals surface area contributed by atoms with Crippen molar-refractivity contribution in [1.29, 1.82) is 0 Å². The quantitative estimate of drug-likeness (QED) is 0.530. The number of esters is 1. The summed E-state index contributed by atoms with van der Waals surface area (Å²) in [7, 11) is 0. The first-order chi connectivity index (χ1) is 14.5. The molecule has 0 unspecified atom stereocenters. The molecular formula is C23H44Cl2N4O3. The molecule has 1 aliphatic carbocycles. The highest BCUT2D eigenvalue weighted by molar-refractivity contribution is 5.85. The predicted octanol–water partition coefficient (Wildman–Crippen LogP) is 3.45. The third-order valence-electron chi connectivity index (χ3n) is 6.94. The van der Waals surface area contributed by atoms with Gasteiger partial charge in [-0.05, 0) is 69.9 Å². The van der Waals surface area contributed by atoms with Gasteiger partial charge in [-0.3, -0.25) is 9.69 Å². The SMILES string of the molecule is CC(C)COC(=O)CCC1CCC(NC(=O)N2CCN(C3CCNCC3)CC2)CC1.Cl.Cl. The van der Waals surface area contributed by atoms with E-state index in [2.05, 4.69) is 29.4 Å². The van der Waals surface area contributed by atoms with Gasteiger partial charge in [-0.25, -0.2) is 4.79 Å². The molecule has 2 amide bonds. The van der Waals surface area contributed by atoms with E-state index in [0.29, 0.717) is 30.9 Å². The number of rotatable bonds is 7. The average molecular weight is 496 g/mol. The number of halogens is 2. The van der Waals surface area contributed by atoms with Crippen LogP contribution in [0.25, 0.3) is 0 Å². The Morgan fingerprint density at radius 2 is 1.59 bits per heavy atom. The highest BCUT2D eigenvalue weighted by Gasteiger charge is 2.29. The van der Waals surface area contributed by atoms with Crippen LogP contribution in [0.2, 0.25) is 0 Å². The summed E-state index contributed by atoms with van der Waals surface area (Å²) in [5.41, 5.74) is 0. The Morgan fingerprint density at radius 1 is 0.969 bits per heavy atom. The van der Waals surface area contributed by atoms with E-state index in [-0.39, 0.29) is 42.9 Å². The maximum absolute atomic E-state index is 12.7. The second-order valence-electron chi connectivity index (χ2n) is 9.79. The van der Waals surface area contributed by atoms with Crippen molar-refractivity contribution in [2.24, 2.45) is 11.8 Å². The Labute approximate surface area is 206 Å². The summed E-state index contributed by atoms with van der Waals surface area (Å²) in [6.45, 7) is 10.5. The van der Waals surface area contributed by atoms with Gasteiger partial charge in [-0.1, -0.05) is 13.8 Å². The lowest BCUT2D eigenvalue weighted by atomic mass is 9.83. The lowest BCUT2D eigenvalue weighted by Gasteiger charge is -2.41. The van der Waals surface area contributed by atoms with Gasteiger partial charge < -0.3 is 20.3 Å². The van der Waals surface area contributed by atoms with Crippen LogP contribution in [0.3, 0.4) is 0 Å². The number of carbonyl (C=O) groups is 2. The zero-order chi connectivity index (χ0) is 21.3. The lowest BCUT2D eigenvalue weighted by molar-refractivity contribution is -0.145. The number of carbonyl (C=O) groups excluding carboxylic acids is 2. The molecule has 0 spiro atoms. The molecule has 0 aromatic heterocycles. The van der Waals surface area contributed by atoms with E-state index in [1.165, 1.54) is 12.8 Å². The molecule has 3 rings (SSSR count). The maximum Gasteiger partial charge on any atom is 0.317 e. The number of nitrogens with zero attached hydrogens (tertiary/aromatic N) is 2. The highest BCUT2D eigenvalue weighted by atomic mass is 35.5. The Hall–Kier alpha value is -0.760. The van der Waals surface area contributed by atoms with Crippen molar-refractivity contribution in [3.63, 3.8) is 0 Å². The van der Waals surface area contributed by atoms with Gasteiger partial charge in [0.25, 0.3) is 0 Å². The minimum absolute atomic E-state index is 0. The van der Waals surface area contributed by atoms with Crippen molar-refractivity contribution in [1.82, 2.24) is 20.4 Å². The van der Waals surface area contributed by atoms with Crippen molar-refractivity contribution in [2.45, 2.75) is 77.3 Å². The molecule has 7 nitrogen and oxygen atoms in total. The maximum atomic E-state index is 12.7. The molecule has 0 aromatic rings. The number of piperazine rings is 1. The fourth-order valence-electron chi connectivity index (χ4n) is 4.98. The van der Waals surface area contributed by atoms with E-state index in [1.807, 2.05) is 4.90 Å². The second kappa shape index (κ2) is 15.2. The smallest absolute Gasteiger partial charge is 0.317 e. The Balaban J connectivity index is 0.00000256. The fraction of sp³-hybridized carbons (Fsp3) is 0.913. The molecular weight excluding hydrogens is 451 g/mol. The molecule has 2 aliphatic heterocycles. The van der Waals surface area contributed by atoms with Crippen LogP contribution in [0.5, 0.6) is 0 Å². The molecule has 2 heterocycles. The summed E-state index contributed by atoms with van der Waals surface area (Å²) in [5, 5.41) is 6.70. The van der Waals surface area contributed by atoms with E-state index in [1.54, 1.807) is 0 Å². The molecule has 188 valence electrons. The molecule has 3 fully saturated rings. The first-order valence-electron chi connectivity index (χ1n) is 12.2. The molecule has 0 bridgehead atoms. The predicted molar refractivity (Wildman–Crippen MR) is 133 cm³/mol. The van der Waals surface area contributed by atoms with Crippen molar-refractivity contribution >= 4 is 36.8 Å². The van der Waals surface area contributed by atoms with Gasteiger partial charge in [0.05, 0.1) is 6.61 Å². The van der Waals surface area contributed by atoms with Gasteiger partial charge >= 0.3 is 12.0 Å². The lowest BCUT2D eigenvalue weighted by Crippen LogP contribution is -2.56. The van der Waals surface area contributed by atoms with Crippen molar-refractivity contribution in [3.05, 3.63) is 0 Å². The standard InChI is InChI=1S/C23H42N4O3.2ClH/c1-18(2)17-30-22(28)8-5-19-3-6-20(7-4-19)25-23(29)27-15-13-26(14-16-27)21-9-11-24-12-10-21;;/h18-21,24H,3-17H2,1-2H3,(H,25,29);2*1H. The molecule has 2 N–H and O–H groups in total. The van der Waals surface area contributed by atoms with Gasteiger partial charge in [0.1, 0.15) is 0 Å². The Kier molecular flexibility index (Phi) is 13.9. The minimum Gasteiger partial charge on any atom is -0.465 e. The highest BCUT2D eigenvalue weighted by Crippen LogP contribution is 2.28. The number of hydrogen-bond acceptors (Lipinski definition) is 5. The molecule has 1 saturated carbocycles. The average Bonchev–Trinajstić information content (AvgIpc) is 2.78. The topological polar surface area (TPSA) is 73.9 Å². The van der Waals surface area contributed by atoms with Gasteiger partial charge in [-0.2, -0.15) is 0 Å². The van der Waals surface area contributed by atoms with Crippen LogP contribution in [0.15, 0.2) is 0 Å². The molecule has 32 heavy (non-hydrogen) atoms. The van der Waals surface area contributed by atoms with E-state index in [4.69, 9.17) is 4.74 Å². The van der Waals surface area contributed by atoms with Gasteiger partial charge in [0.2, 0.25) is 0 Å². The summed E-state index contributed by atoms with van der Waals surface area (Å²) in [4.78, 5) is 29.1. The van der Waals surface area contributed by atoms with Crippen LogP contribution >= 0.6 is 24.8 Å². The summed E-state index contributed by atoms with van der Waals surface area (Å²) in [5.74, 6) is 0.904. The molecule has 0 radical (unpaired) electrons. The van der Waals surface area contributed by atoms with Crippen molar-refractivity contribution in [2.75, 3.05) is 45.9 Å². The van der Waals surface area contributed by atoms with Crippen LogP contribution in [-0.2, 0) is 9.53 Å². The molecule has 2 saturated heterocycles. The zero-order valence-corrected chi connectivity index (χ0v) is 21.5. The molecule has 0 aromatic carbocycles. The van der Waals surface area contributed by atoms with Crippen molar-refractivity contribution in [3.8, 4) is 0 Å². The Bertz CT molecular complexity index is 545. The number of ether oxygens (including phenoxy) is 1. The van der Waals surface area contributed by atoms with Gasteiger partial charge in [-0.15, -0.1) is 24.8 Å². The summed E-state index contributed by atoms with van der Waals surface area (Å²) < 4.78 is 5.27. The zero-order valence-electron chi connectivity index (χ0n) is 19.9. The molecule has 0 atom stereocenters. The van der Waals surface area contributed by atoms with Gasteiger partial charge in [0.15, 0.2) is 0 Å². The van der Waals surface area contributed by atoms with E-state index >= 15 is 0 Å². The van der Waals surface area contributed by atoms with E-state index < -0.39 is 0 Å². The fourth-order valence-corrected chi connectivity index (χ4v) is 4.98. The molecule has 3 aliphatic rings.